The summed E-state index contributed by atoms with van der Waals surface area (Å²) in [4.78, 5) is 13.3. The van der Waals surface area contributed by atoms with E-state index in [1.165, 1.54) is 0 Å². The van der Waals surface area contributed by atoms with Crippen molar-refractivity contribution < 1.29 is 13.6 Å². The average Bonchev–Trinajstić information content (AvgIpc) is 3.27. The molecule has 174 valence electrons. The van der Waals surface area contributed by atoms with Crippen LogP contribution in [0, 0.1) is 0 Å². The van der Waals surface area contributed by atoms with Crippen LogP contribution in [-0.4, -0.2) is 23.4 Å². The summed E-state index contributed by atoms with van der Waals surface area (Å²) in [7, 11) is 0. The fraction of sp³-hybridized carbons (Fsp3) is 0.125. The highest BCUT2D eigenvalue weighted by Crippen LogP contribution is 2.34. The van der Waals surface area contributed by atoms with Crippen LogP contribution in [0.2, 0.25) is 0 Å². The lowest BCUT2D eigenvalue weighted by Crippen LogP contribution is -2.30. The molecule has 0 aliphatic rings. The van der Waals surface area contributed by atoms with Crippen molar-refractivity contribution in [1.82, 2.24) is 14.1 Å². The van der Waals surface area contributed by atoms with Crippen LogP contribution in [0.15, 0.2) is 83.3 Å². The Hall–Kier alpha value is -2.92. The molecule has 34 heavy (non-hydrogen) atoms. The second-order valence-corrected chi connectivity index (χ2v) is 9.76. The first-order valence-electron chi connectivity index (χ1n) is 10.4. The third-order valence-electron chi connectivity index (χ3n) is 5.17. The van der Waals surface area contributed by atoms with E-state index in [0.29, 0.717) is 16.6 Å². The molecule has 2 atom stereocenters. The van der Waals surface area contributed by atoms with Gasteiger partial charge in [-0.15, -0.1) is 0 Å². The lowest BCUT2D eigenvalue weighted by molar-refractivity contribution is 0.0940. The number of aromatic nitrogens is 2. The second kappa shape index (κ2) is 11.0. The lowest BCUT2D eigenvalue weighted by atomic mass is 10.1. The van der Waals surface area contributed by atoms with E-state index in [9.17, 15) is 13.6 Å². The molecule has 0 saturated heterocycles. The van der Waals surface area contributed by atoms with Crippen LogP contribution in [0.5, 0.6) is 0 Å². The summed E-state index contributed by atoms with van der Waals surface area (Å²) in [5.41, 5.74) is 2.97. The minimum atomic E-state index is -2.50. The van der Waals surface area contributed by atoms with Gasteiger partial charge in [0.1, 0.15) is 5.69 Å². The first-order chi connectivity index (χ1) is 16.4. The van der Waals surface area contributed by atoms with Crippen molar-refractivity contribution in [2.75, 3.05) is 4.31 Å². The van der Waals surface area contributed by atoms with E-state index >= 15 is 0 Å². The number of benzene rings is 3. The van der Waals surface area contributed by atoms with Gasteiger partial charge in [-0.2, -0.15) is 8.75 Å². The molecule has 0 fully saturated rings. The molecule has 0 saturated carbocycles. The van der Waals surface area contributed by atoms with Gasteiger partial charge in [-0.3, -0.25) is 9.35 Å². The van der Waals surface area contributed by atoms with Crippen LogP contribution in [0.4, 0.5) is 11.5 Å². The summed E-state index contributed by atoms with van der Waals surface area (Å²) in [6, 6.07) is 23.9. The molecule has 1 amide bonds. The van der Waals surface area contributed by atoms with Crippen molar-refractivity contribution in [2.24, 2.45) is 0 Å². The van der Waals surface area contributed by atoms with E-state index in [4.69, 9.17) is 0 Å². The van der Waals surface area contributed by atoms with Gasteiger partial charge in [-0.05, 0) is 36.2 Å². The summed E-state index contributed by atoms with van der Waals surface area (Å²) in [5.74, 6) is -0.139. The number of hydrogen-bond donors (Lipinski definition) is 2. The maximum Gasteiger partial charge on any atom is 0.268 e. The van der Waals surface area contributed by atoms with E-state index < -0.39 is 11.3 Å². The van der Waals surface area contributed by atoms with Crippen LogP contribution in [0.1, 0.15) is 40.1 Å². The van der Waals surface area contributed by atoms with Gasteiger partial charge < -0.3 is 5.32 Å². The van der Waals surface area contributed by atoms with Gasteiger partial charge in [0.05, 0.1) is 29.0 Å². The fourth-order valence-electron chi connectivity index (χ4n) is 3.49. The third-order valence-corrected chi connectivity index (χ3v) is 6.90. The molecule has 0 aliphatic heterocycles. The summed E-state index contributed by atoms with van der Waals surface area (Å²) in [5, 5.41) is 2.97. The van der Waals surface area contributed by atoms with E-state index in [-0.39, 0.29) is 29.0 Å². The van der Waals surface area contributed by atoms with Gasteiger partial charge in [0.2, 0.25) is 0 Å². The Morgan fingerprint density at radius 3 is 2.44 bits per heavy atom. The maximum absolute atomic E-state index is 13.3. The number of hydrogen-bond acceptors (Lipinski definition) is 5. The van der Waals surface area contributed by atoms with E-state index in [2.05, 4.69) is 30.0 Å². The zero-order valence-electron chi connectivity index (χ0n) is 18.1. The van der Waals surface area contributed by atoms with Crippen molar-refractivity contribution in [2.45, 2.75) is 19.4 Å². The molecule has 1 heterocycles. The fourth-order valence-corrected chi connectivity index (χ4v) is 5.06. The van der Waals surface area contributed by atoms with E-state index in [1.807, 2.05) is 67.6 Å². The number of rotatable bonds is 8. The van der Waals surface area contributed by atoms with Crippen molar-refractivity contribution in [3.63, 3.8) is 0 Å². The van der Waals surface area contributed by atoms with Gasteiger partial charge in [0, 0.05) is 10.9 Å². The van der Waals surface area contributed by atoms with Crippen LogP contribution in [0.25, 0.3) is 0 Å². The number of carbonyl (C=O) groups is 1. The topological polar surface area (TPSA) is 95.4 Å². The first kappa shape index (κ1) is 24.2. The van der Waals surface area contributed by atoms with Crippen LogP contribution < -0.4 is 9.62 Å². The SMILES string of the molecule is CC(NC(=O)c1ccc(Br)cc1N(c1nsnc1Cc1ccccc1)S(=O)O)c1ccccc1. The van der Waals surface area contributed by atoms with Gasteiger partial charge in [0.15, 0.2) is 5.82 Å². The highest BCUT2D eigenvalue weighted by molar-refractivity contribution is 9.10. The van der Waals surface area contributed by atoms with Gasteiger partial charge in [-0.1, -0.05) is 76.6 Å². The van der Waals surface area contributed by atoms with Gasteiger partial charge in [0.25, 0.3) is 17.2 Å². The second-order valence-electron chi connectivity index (χ2n) is 7.49. The molecule has 4 rings (SSSR count). The van der Waals surface area contributed by atoms with E-state index in [0.717, 1.165) is 27.2 Å². The highest BCUT2D eigenvalue weighted by Gasteiger charge is 2.28. The lowest BCUT2D eigenvalue weighted by Gasteiger charge is -2.22. The number of nitrogens with one attached hydrogen (secondary N) is 1. The molecule has 1 aromatic heterocycles. The Morgan fingerprint density at radius 2 is 1.76 bits per heavy atom. The van der Waals surface area contributed by atoms with Crippen molar-refractivity contribution in [3.8, 4) is 0 Å². The minimum Gasteiger partial charge on any atom is -0.345 e. The Kier molecular flexibility index (Phi) is 7.84. The van der Waals surface area contributed by atoms with Crippen molar-refractivity contribution in [3.05, 3.63) is 106 Å². The van der Waals surface area contributed by atoms with Crippen LogP contribution >= 0.6 is 27.7 Å². The molecule has 0 spiro atoms. The summed E-state index contributed by atoms with van der Waals surface area (Å²) < 4.78 is 33.3. The predicted molar refractivity (Wildman–Crippen MR) is 139 cm³/mol. The molecular weight excluding hydrogens is 536 g/mol. The maximum atomic E-state index is 13.3. The van der Waals surface area contributed by atoms with Crippen LogP contribution in [-0.2, 0) is 17.7 Å². The van der Waals surface area contributed by atoms with Crippen molar-refractivity contribution in [1.29, 1.82) is 0 Å². The molecular formula is C24H21BrN4O3S2. The molecule has 0 bridgehead atoms. The third kappa shape index (κ3) is 5.58. The largest absolute Gasteiger partial charge is 0.345 e. The molecule has 7 nitrogen and oxygen atoms in total. The standard InChI is InChI=1S/C24H21BrN4O3S2/c1-16(18-10-6-3-7-11-18)26-24(30)20-13-12-19(25)15-22(20)29(34(31)32)23-21(27-33-28-23)14-17-8-4-2-5-9-17/h2-13,15-16H,14H2,1H3,(H,26,30)(H,31,32). The quantitative estimate of drug-likeness (QED) is 0.273. The Labute approximate surface area is 212 Å². The molecule has 3 aromatic carbocycles. The highest BCUT2D eigenvalue weighted by atomic mass is 79.9. The Balaban J connectivity index is 1.70. The summed E-state index contributed by atoms with van der Waals surface area (Å²) >= 11 is 1.87. The zero-order valence-corrected chi connectivity index (χ0v) is 21.3. The number of nitrogens with zero attached hydrogens (tertiary/aromatic N) is 3. The zero-order chi connectivity index (χ0) is 24.1. The minimum absolute atomic E-state index is 0.234. The molecule has 10 heteroatoms. The van der Waals surface area contributed by atoms with Crippen LogP contribution in [0.3, 0.4) is 0 Å². The smallest absolute Gasteiger partial charge is 0.268 e. The number of carbonyl (C=O) groups excluding carboxylic acids is 1. The van der Waals surface area contributed by atoms with E-state index in [1.54, 1.807) is 18.2 Å². The summed E-state index contributed by atoms with van der Waals surface area (Å²) in [6.07, 6.45) is 0.431. The monoisotopic (exact) mass is 556 g/mol. The van der Waals surface area contributed by atoms with Gasteiger partial charge >= 0.3 is 0 Å². The van der Waals surface area contributed by atoms with Gasteiger partial charge in [-0.25, -0.2) is 8.51 Å². The average molecular weight is 557 g/mol. The number of amides is 1. The molecule has 2 unspecified atom stereocenters. The number of halogens is 1. The molecule has 4 aromatic rings. The Morgan fingerprint density at radius 1 is 1.09 bits per heavy atom. The molecule has 0 radical (unpaired) electrons. The summed E-state index contributed by atoms with van der Waals surface area (Å²) in [6.45, 7) is 1.88. The van der Waals surface area contributed by atoms with Crippen molar-refractivity contribution >= 4 is 56.3 Å². The predicted octanol–water partition coefficient (Wildman–Crippen LogP) is 5.66. The Bertz CT molecular complexity index is 1300. The first-order valence-corrected chi connectivity index (χ1v) is 12.9. The normalized spacial score (nSPS) is 12.7. The molecule has 2 N–H and O–H groups in total. The molecule has 0 aliphatic carbocycles. The number of anilines is 2.